The highest BCUT2D eigenvalue weighted by molar-refractivity contribution is 5.82. The number of nitrogens with one attached hydrogen (secondary N) is 1. The second kappa shape index (κ2) is 6.90. The molecule has 0 bridgehead atoms. The third-order valence-electron chi connectivity index (χ3n) is 3.89. The van der Waals surface area contributed by atoms with E-state index in [0.717, 1.165) is 12.0 Å². The first-order chi connectivity index (χ1) is 11.5. The molecule has 2 aromatic rings. The van der Waals surface area contributed by atoms with Gasteiger partial charge in [-0.3, -0.25) is 9.78 Å². The number of nitrogens with zero attached hydrogens (tertiary/aromatic N) is 1. The van der Waals surface area contributed by atoms with Crippen LogP contribution in [0.5, 0.6) is 5.75 Å². The molecular formula is C17H15F3N2O2. The Morgan fingerprint density at radius 2 is 2.00 bits per heavy atom. The van der Waals surface area contributed by atoms with Crippen LogP contribution in [0.25, 0.3) is 0 Å². The number of ether oxygens (including phenoxy) is 1. The van der Waals surface area contributed by atoms with Crippen molar-refractivity contribution in [1.82, 2.24) is 10.3 Å². The number of alkyl halides is 2. The number of carbonyl (C=O) groups is 1. The van der Waals surface area contributed by atoms with E-state index in [1.165, 1.54) is 30.5 Å². The third kappa shape index (κ3) is 4.04. The minimum atomic E-state index is -2.89. The van der Waals surface area contributed by atoms with E-state index in [0.29, 0.717) is 5.69 Å². The van der Waals surface area contributed by atoms with E-state index in [9.17, 15) is 18.0 Å². The maximum atomic E-state index is 12.9. The number of amides is 1. The Morgan fingerprint density at radius 3 is 2.62 bits per heavy atom. The molecule has 4 nitrogen and oxygen atoms in total. The normalized spacial score (nSPS) is 19.2. The lowest BCUT2D eigenvalue weighted by molar-refractivity contribution is -0.122. The average Bonchev–Trinajstić information content (AvgIpc) is 3.35. The van der Waals surface area contributed by atoms with Gasteiger partial charge in [-0.2, -0.15) is 8.78 Å². The lowest BCUT2D eigenvalue weighted by Gasteiger charge is -2.07. The molecule has 0 aliphatic heterocycles. The molecule has 1 aliphatic carbocycles. The van der Waals surface area contributed by atoms with Crippen LogP contribution in [0.1, 0.15) is 23.6 Å². The third-order valence-corrected chi connectivity index (χ3v) is 3.89. The van der Waals surface area contributed by atoms with Crippen LogP contribution in [0.3, 0.4) is 0 Å². The van der Waals surface area contributed by atoms with Crippen LogP contribution in [-0.4, -0.2) is 17.5 Å². The van der Waals surface area contributed by atoms with Gasteiger partial charge < -0.3 is 10.1 Å². The van der Waals surface area contributed by atoms with E-state index in [-0.39, 0.29) is 35.9 Å². The molecule has 1 heterocycles. The van der Waals surface area contributed by atoms with Crippen LogP contribution < -0.4 is 10.1 Å². The highest BCUT2D eigenvalue weighted by Gasteiger charge is 2.43. The van der Waals surface area contributed by atoms with Crippen molar-refractivity contribution in [2.75, 3.05) is 0 Å². The molecule has 0 saturated heterocycles. The van der Waals surface area contributed by atoms with Gasteiger partial charge in [-0.1, -0.05) is 12.1 Å². The summed E-state index contributed by atoms with van der Waals surface area (Å²) < 4.78 is 41.2. The molecule has 1 aromatic carbocycles. The number of halogens is 3. The fourth-order valence-corrected chi connectivity index (χ4v) is 2.56. The molecule has 1 amide bonds. The molecular weight excluding hydrogens is 321 g/mol. The molecule has 24 heavy (non-hydrogen) atoms. The SMILES string of the molecule is O=C(NCc1ccc(OC(F)F)cn1)[C@@H]1C[C@H]1c1ccc(F)cc1. The lowest BCUT2D eigenvalue weighted by atomic mass is 10.1. The molecule has 0 unspecified atom stereocenters. The summed E-state index contributed by atoms with van der Waals surface area (Å²) in [6, 6.07) is 9.04. The van der Waals surface area contributed by atoms with Gasteiger partial charge in [0, 0.05) is 5.92 Å². The number of carbonyl (C=O) groups excluding carboxylic acids is 1. The molecule has 1 aromatic heterocycles. The smallest absolute Gasteiger partial charge is 0.387 e. The topological polar surface area (TPSA) is 51.2 Å². The van der Waals surface area contributed by atoms with Gasteiger partial charge in [0.25, 0.3) is 0 Å². The minimum absolute atomic E-state index is 0.0290. The number of aromatic nitrogens is 1. The quantitative estimate of drug-likeness (QED) is 0.881. The Labute approximate surface area is 136 Å². The Morgan fingerprint density at radius 1 is 1.25 bits per heavy atom. The van der Waals surface area contributed by atoms with Gasteiger partial charge in [-0.25, -0.2) is 4.39 Å². The van der Waals surface area contributed by atoms with Gasteiger partial charge in [-0.05, 0) is 42.2 Å². The highest BCUT2D eigenvalue weighted by Crippen LogP contribution is 2.47. The lowest BCUT2D eigenvalue weighted by Crippen LogP contribution is -2.25. The zero-order valence-corrected chi connectivity index (χ0v) is 12.6. The van der Waals surface area contributed by atoms with Crippen LogP contribution in [0.4, 0.5) is 13.2 Å². The Hall–Kier alpha value is -2.57. The van der Waals surface area contributed by atoms with Crippen LogP contribution in [0.2, 0.25) is 0 Å². The van der Waals surface area contributed by atoms with E-state index in [4.69, 9.17) is 0 Å². The van der Waals surface area contributed by atoms with Gasteiger partial charge in [0.1, 0.15) is 11.6 Å². The highest BCUT2D eigenvalue weighted by atomic mass is 19.3. The van der Waals surface area contributed by atoms with E-state index in [1.807, 2.05) is 0 Å². The Kier molecular flexibility index (Phi) is 4.69. The van der Waals surface area contributed by atoms with Gasteiger partial charge in [-0.15, -0.1) is 0 Å². The fraction of sp³-hybridized carbons (Fsp3) is 0.294. The molecule has 0 radical (unpaired) electrons. The van der Waals surface area contributed by atoms with Crippen molar-refractivity contribution in [3.63, 3.8) is 0 Å². The van der Waals surface area contributed by atoms with E-state index in [2.05, 4.69) is 15.0 Å². The van der Waals surface area contributed by atoms with Gasteiger partial charge in [0.05, 0.1) is 18.4 Å². The number of hydrogen-bond donors (Lipinski definition) is 1. The average molecular weight is 336 g/mol. The molecule has 1 N–H and O–H groups in total. The summed E-state index contributed by atoms with van der Waals surface area (Å²) in [6.45, 7) is -2.68. The Bertz CT molecular complexity index is 705. The number of pyridine rings is 1. The molecule has 7 heteroatoms. The van der Waals surface area contributed by atoms with Crippen molar-refractivity contribution in [2.24, 2.45) is 5.92 Å². The van der Waals surface area contributed by atoms with Gasteiger partial charge >= 0.3 is 6.61 Å². The van der Waals surface area contributed by atoms with Gasteiger partial charge in [0.2, 0.25) is 5.91 Å². The Balaban J connectivity index is 1.49. The van der Waals surface area contributed by atoms with Crippen LogP contribution in [0.15, 0.2) is 42.6 Å². The molecule has 1 saturated carbocycles. The second-order valence-corrected chi connectivity index (χ2v) is 5.58. The predicted molar refractivity (Wildman–Crippen MR) is 80.0 cm³/mol. The van der Waals surface area contributed by atoms with Crippen molar-refractivity contribution < 1.29 is 22.7 Å². The zero-order valence-electron chi connectivity index (χ0n) is 12.6. The second-order valence-electron chi connectivity index (χ2n) is 5.58. The summed E-state index contributed by atoms with van der Waals surface area (Å²) in [5.41, 5.74) is 1.49. The summed E-state index contributed by atoms with van der Waals surface area (Å²) in [7, 11) is 0. The van der Waals surface area contributed by atoms with Crippen molar-refractivity contribution in [3.8, 4) is 5.75 Å². The number of rotatable bonds is 6. The van der Waals surface area contributed by atoms with Crippen molar-refractivity contribution >= 4 is 5.91 Å². The van der Waals surface area contributed by atoms with Crippen LogP contribution in [0, 0.1) is 11.7 Å². The minimum Gasteiger partial charge on any atom is -0.433 e. The summed E-state index contributed by atoms with van der Waals surface area (Å²) in [6.07, 6.45) is 1.91. The molecule has 1 aliphatic rings. The monoisotopic (exact) mass is 336 g/mol. The standard InChI is InChI=1S/C17H15F3N2O2/c18-11-3-1-10(2-4-11)14-7-15(14)16(23)22-8-12-5-6-13(9-21-12)24-17(19)20/h1-6,9,14-15,17H,7-8H2,(H,22,23)/t14-,15+/m0/s1. The van der Waals surface area contributed by atoms with Crippen molar-refractivity contribution in [1.29, 1.82) is 0 Å². The largest absolute Gasteiger partial charge is 0.433 e. The predicted octanol–water partition coefficient (Wildman–Crippen LogP) is 3.24. The summed E-state index contributed by atoms with van der Waals surface area (Å²) in [5, 5.41) is 2.77. The van der Waals surface area contributed by atoms with Crippen molar-refractivity contribution in [2.45, 2.75) is 25.5 Å². The first-order valence-electron chi connectivity index (χ1n) is 7.46. The van der Waals surface area contributed by atoms with Crippen molar-refractivity contribution in [3.05, 3.63) is 59.7 Å². The summed E-state index contributed by atoms with van der Waals surface area (Å²) in [5.74, 6) is -0.444. The van der Waals surface area contributed by atoms with E-state index in [1.54, 1.807) is 12.1 Å². The molecule has 1 fully saturated rings. The molecule has 2 atom stereocenters. The van der Waals surface area contributed by atoms with Gasteiger partial charge in [0.15, 0.2) is 0 Å². The fourth-order valence-electron chi connectivity index (χ4n) is 2.56. The zero-order chi connectivity index (χ0) is 17.1. The summed E-state index contributed by atoms with van der Waals surface area (Å²) in [4.78, 5) is 16.1. The van der Waals surface area contributed by atoms with E-state index >= 15 is 0 Å². The maximum Gasteiger partial charge on any atom is 0.387 e. The maximum absolute atomic E-state index is 12.9. The molecule has 0 spiro atoms. The van der Waals surface area contributed by atoms with E-state index < -0.39 is 6.61 Å². The first kappa shape index (κ1) is 16.3. The van der Waals surface area contributed by atoms with Crippen LogP contribution in [-0.2, 0) is 11.3 Å². The van der Waals surface area contributed by atoms with Crippen LogP contribution >= 0.6 is 0 Å². The number of hydrogen-bond acceptors (Lipinski definition) is 3. The summed E-state index contributed by atoms with van der Waals surface area (Å²) >= 11 is 0. The number of benzene rings is 1. The molecule has 126 valence electrons. The molecule has 3 rings (SSSR count). The first-order valence-corrected chi connectivity index (χ1v) is 7.46.